The molecule has 1 amide bonds. The average Bonchev–Trinajstić information content (AvgIpc) is 3.24. The number of alkyl halides is 1. The number of aromatic nitrogens is 1. The fraction of sp³-hybridized carbons (Fsp3) is 0.538. The number of carbonyl (C=O) groups is 1. The first-order valence-electron chi connectivity index (χ1n) is 12.0. The van der Waals surface area contributed by atoms with Gasteiger partial charge in [0.2, 0.25) is 0 Å². The highest BCUT2D eigenvalue weighted by Gasteiger charge is 2.27. The Bertz CT molecular complexity index is 986. The normalized spacial score (nSPS) is 20.0. The maximum absolute atomic E-state index is 14.8. The van der Waals surface area contributed by atoms with E-state index in [4.69, 9.17) is 4.74 Å². The van der Waals surface area contributed by atoms with Gasteiger partial charge in [-0.25, -0.2) is 8.78 Å². The molecule has 2 saturated heterocycles. The van der Waals surface area contributed by atoms with Crippen molar-refractivity contribution in [3.05, 3.63) is 47.9 Å². The Morgan fingerprint density at radius 3 is 2.53 bits per heavy atom. The van der Waals surface area contributed by atoms with Gasteiger partial charge in [0, 0.05) is 30.8 Å². The van der Waals surface area contributed by atoms with E-state index in [-0.39, 0.29) is 18.0 Å². The number of aliphatic hydroxyl groups excluding tert-OH is 1. The molecule has 1 atom stereocenters. The number of β-amino-alcohol motifs (C(OH)–C–C–N with tert-alkyl or cyclic N) is 1. The summed E-state index contributed by atoms with van der Waals surface area (Å²) in [6.45, 7) is 6.74. The highest BCUT2D eigenvalue weighted by atomic mass is 19.1. The molecule has 8 heteroatoms. The lowest BCUT2D eigenvalue weighted by molar-refractivity contribution is 0.0764. The molecule has 2 aliphatic rings. The number of aliphatic hydroxyl groups is 1. The van der Waals surface area contributed by atoms with Gasteiger partial charge in [0.1, 0.15) is 17.2 Å². The topological polar surface area (TPSA) is 65.9 Å². The summed E-state index contributed by atoms with van der Waals surface area (Å²) in [5.41, 5.74) is -0.143. The fourth-order valence-electron chi connectivity index (χ4n) is 4.65. The van der Waals surface area contributed by atoms with Crippen molar-refractivity contribution in [1.29, 1.82) is 0 Å². The first-order valence-corrected chi connectivity index (χ1v) is 12.0. The van der Waals surface area contributed by atoms with Crippen LogP contribution in [0.3, 0.4) is 0 Å². The molecule has 2 aromatic rings. The van der Waals surface area contributed by atoms with E-state index in [9.17, 15) is 18.7 Å². The number of rotatable bonds is 7. The summed E-state index contributed by atoms with van der Waals surface area (Å²) in [6, 6.07) is 7.86. The minimum Gasteiger partial charge on any atom is -0.492 e. The van der Waals surface area contributed by atoms with Gasteiger partial charge < -0.3 is 19.6 Å². The Hall–Kier alpha value is -2.58. The van der Waals surface area contributed by atoms with Gasteiger partial charge in [0.15, 0.2) is 0 Å². The Labute approximate surface area is 199 Å². The van der Waals surface area contributed by atoms with E-state index in [1.165, 1.54) is 11.0 Å². The predicted octanol–water partition coefficient (Wildman–Crippen LogP) is 3.93. The third-order valence-electron chi connectivity index (χ3n) is 6.47. The van der Waals surface area contributed by atoms with E-state index in [2.05, 4.69) is 9.88 Å². The second-order valence-corrected chi connectivity index (χ2v) is 10.0. The number of ether oxygens (including phenoxy) is 1. The van der Waals surface area contributed by atoms with Crippen LogP contribution in [0.2, 0.25) is 0 Å². The van der Waals surface area contributed by atoms with Gasteiger partial charge in [0.25, 0.3) is 5.91 Å². The average molecular weight is 474 g/mol. The summed E-state index contributed by atoms with van der Waals surface area (Å²) in [5.74, 6) is 0.238. The number of halogens is 2. The maximum Gasteiger partial charge on any atom is 0.254 e. The number of benzene rings is 1. The lowest BCUT2D eigenvalue weighted by atomic mass is 9.97. The number of hydrogen-bond donors (Lipinski definition) is 1. The van der Waals surface area contributed by atoms with Crippen LogP contribution in [0.5, 0.6) is 5.75 Å². The first kappa shape index (κ1) is 24.5. The molecule has 2 aliphatic heterocycles. The highest BCUT2D eigenvalue weighted by Crippen LogP contribution is 2.26. The summed E-state index contributed by atoms with van der Waals surface area (Å²) in [4.78, 5) is 20.6. The quantitative estimate of drug-likeness (QED) is 0.660. The zero-order chi connectivity index (χ0) is 24.3. The number of carbonyl (C=O) groups excluding carboxylic acids is 1. The maximum atomic E-state index is 14.8. The van der Waals surface area contributed by atoms with Crippen molar-refractivity contribution < 1.29 is 23.4 Å². The van der Waals surface area contributed by atoms with Gasteiger partial charge in [-0.3, -0.25) is 9.78 Å². The van der Waals surface area contributed by atoms with Crippen LogP contribution in [0.1, 0.15) is 43.5 Å². The van der Waals surface area contributed by atoms with Gasteiger partial charge in [-0.05, 0) is 82.4 Å². The van der Waals surface area contributed by atoms with Crippen molar-refractivity contribution in [2.24, 2.45) is 5.92 Å². The van der Waals surface area contributed by atoms with Crippen LogP contribution < -0.4 is 4.74 Å². The number of nitrogens with zero attached hydrogens (tertiary/aromatic N) is 3. The van der Waals surface area contributed by atoms with Crippen molar-refractivity contribution in [1.82, 2.24) is 14.8 Å². The molecule has 184 valence electrons. The second-order valence-electron chi connectivity index (χ2n) is 10.0. The van der Waals surface area contributed by atoms with E-state index in [1.807, 2.05) is 0 Å². The molecular formula is C26H33F2N3O3. The molecule has 3 heterocycles. The molecule has 0 aliphatic carbocycles. The van der Waals surface area contributed by atoms with Gasteiger partial charge >= 0.3 is 0 Å². The molecule has 1 aromatic heterocycles. The monoisotopic (exact) mass is 473 g/mol. The standard InChI is InChI=1S/C26H33F2N3O3/c1-26(2,28)17-30-10-7-18(8-11-30)16-34-21-4-6-24(29-14-21)22-5-3-19(13-23(22)27)25(33)31-12-9-20(32)15-31/h3-6,13-14,18,20,32H,7-12,15-17H2,1-2H3. The zero-order valence-electron chi connectivity index (χ0n) is 19.8. The summed E-state index contributed by atoms with van der Waals surface area (Å²) in [5, 5.41) is 9.62. The summed E-state index contributed by atoms with van der Waals surface area (Å²) in [7, 11) is 0. The van der Waals surface area contributed by atoms with Gasteiger partial charge in [0.05, 0.1) is 24.6 Å². The Morgan fingerprint density at radius 1 is 1.18 bits per heavy atom. The second kappa shape index (κ2) is 10.4. The van der Waals surface area contributed by atoms with Gasteiger partial charge in [-0.1, -0.05) is 0 Å². The molecule has 0 spiro atoms. The number of amides is 1. The van der Waals surface area contributed by atoms with E-state index in [0.29, 0.717) is 49.0 Å². The van der Waals surface area contributed by atoms with Crippen LogP contribution in [0.15, 0.2) is 36.5 Å². The van der Waals surface area contributed by atoms with E-state index in [0.717, 1.165) is 25.9 Å². The van der Waals surface area contributed by atoms with Crippen molar-refractivity contribution in [2.45, 2.75) is 44.9 Å². The van der Waals surface area contributed by atoms with Crippen molar-refractivity contribution in [3.63, 3.8) is 0 Å². The van der Waals surface area contributed by atoms with Crippen molar-refractivity contribution >= 4 is 5.91 Å². The van der Waals surface area contributed by atoms with E-state index >= 15 is 0 Å². The molecule has 0 bridgehead atoms. The lowest BCUT2D eigenvalue weighted by Crippen LogP contribution is -2.41. The van der Waals surface area contributed by atoms with Crippen LogP contribution in [0, 0.1) is 11.7 Å². The zero-order valence-corrected chi connectivity index (χ0v) is 19.8. The fourth-order valence-corrected chi connectivity index (χ4v) is 4.65. The summed E-state index contributed by atoms with van der Waals surface area (Å²) in [6.07, 6.45) is 3.55. The molecule has 1 unspecified atom stereocenters. The lowest BCUT2D eigenvalue weighted by Gasteiger charge is -2.34. The predicted molar refractivity (Wildman–Crippen MR) is 126 cm³/mol. The number of likely N-dealkylation sites (tertiary alicyclic amines) is 2. The molecule has 0 radical (unpaired) electrons. The molecule has 0 saturated carbocycles. The minimum atomic E-state index is -1.18. The third-order valence-corrected chi connectivity index (χ3v) is 6.47. The minimum absolute atomic E-state index is 0.261. The van der Waals surface area contributed by atoms with Crippen LogP contribution in [-0.2, 0) is 0 Å². The first-order chi connectivity index (χ1) is 16.2. The van der Waals surface area contributed by atoms with Crippen molar-refractivity contribution in [2.75, 3.05) is 39.3 Å². The summed E-state index contributed by atoms with van der Waals surface area (Å²) < 4.78 is 34.5. The Morgan fingerprint density at radius 2 is 1.94 bits per heavy atom. The van der Waals surface area contributed by atoms with Gasteiger partial charge in [-0.2, -0.15) is 0 Å². The van der Waals surface area contributed by atoms with Gasteiger partial charge in [-0.15, -0.1) is 0 Å². The van der Waals surface area contributed by atoms with Crippen LogP contribution in [-0.4, -0.2) is 76.9 Å². The third kappa shape index (κ3) is 6.30. The molecule has 1 aromatic carbocycles. The van der Waals surface area contributed by atoms with E-state index < -0.39 is 17.6 Å². The largest absolute Gasteiger partial charge is 0.492 e. The molecule has 2 fully saturated rings. The highest BCUT2D eigenvalue weighted by molar-refractivity contribution is 5.95. The van der Waals surface area contributed by atoms with E-state index in [1.54, 1.807) is 44.3 Å². The van der Waals surface area contributed by atoms with Crippen LogP contribution in [0.25, 0.3) is 11.3 Å². The number of piperidine rings is 1. The molecule has 6 nitrogen and oxygen atoms in total. The Balaban J connectivity index is 1.30. The molecule has 34 heavy (non-hydrogen) atoms. The SMILES string of the molecule is CC(C)(F)CN1CCC(COc2ccc(-c3ccc(C(=O)N4CCC(O)C4)cc3F)nc2)CC1. The summed E-state index contributed by atoms with van der Waals surface area (Å²) >= 11 is 0. The van der Waals surface area contributed by atoms with Crippen LogP contribution in [0.4, 0.5) is 8.78 Å². The molecule has 4 rings (SSSR count). The molecular weight excluding hydrogens is 440 g/mol. The molecule has 1 N–H and O–H groups in total. The smallest absolute Gasteiger partial charge is 0.254 e. The van der Waals surface area contributed by atoms with Crippen molar-refractivity contribution in [3.8, 4) is 17.0 Å². The number of pyridine rings is 1. The van der Waals surface area contributed by atoms with Crippen LogP contribution >= 0.6 is 0 Å². The Kier molecular flexibility index (Phi) is 7.48. The number of hydrogen-bond acceptors (Lipinski definition) is 5.